The highest BCUT2D eigenvalue weighted by Crippen LogP contribution is 2.17. The Morgan fingerprint density at radius 1 is 1.73 bits per heavy atom. The Bertz CT molecular complexity index is 354. The van der Waals surface area contributed by atoms with E-state index in [2.05, 4.69) is 10.4 Å². The molecule has 7 heteroatoms. The van der Waals surface area contributed by atoms with Crippen LogP contribution in [0.1, 0.15) is 17.8 Å². The molecule has 0 bridgehead atoms. The van der Waals surface area contributed by atoms with Crippen LogP contribution in [0.3, 0.4) is 0 Å². The molecule has 1 N–H and O–H groups in total. The molecule has 0 saturated heterocycles. The predicted octanol–water partition coefficient (Wildman–Crippen LogP) is 1.21. The van der Waals surface area contributed by atoms with Gasteiger partial charge in [-0.3, -0.25) is 9.48 Å². The summed E-state index contributed by atoms with van der Waals surface area (Å²) < 4.78 is 25.8. The van der Waals surface area contributed by atoms with Gasteiger partial charge in [-0.2, -0.15) is 5.10 Å². The Morgan fingerprint density at radius 2 is 2.40 bits per heavy atom. The van der Waals surface area contributed by atoms with E-state index < -0.39 is 6.43 Å². The maximum absolute atomic E-state index is 12.2. The largest absolute Gasteiger partial charge is 0.349 e. The predicted molar refractivity (Wildman–Crippen MR) is 50.7 cm³/mol. The first-order chi connectivity index (χ1) is 7.04. The molecule has 0 unspecified atom stereocenters. The standard InChI is InChI=1S/C8H10ClF2N3O/c1-14-5(4-12-7(15)3-9)2-6(13-14)8(10)11/h2,8H,3-4H2,1H3,(H,12,15). The van der Waals surface area contributed by atoms with Gasteiger partial charge in [0.25, 0.3) is 6.43 Å². The van der Waals surface area contributed by atoms with Crippen LogP contribution >= 0.6 is 11.6 Å². The third-order valence-corrected chi connectivity index (χ3v) is 2.05. The number of carbonyl (C=O) groups excluding carboxylic acids is 1. The van der Waals surface area contributed by atoms with Gasteiger partial charge < -0.3 is 5.32 Å². The maximum atomic E-state index is 12.2. The number of amides is 1. The van der Waals surface area contributed by atoms with Gasteiger partial charge in [-0.15, -0.1) is 11.6 Å². The van der Waals surface area contributed by atoms with Crippen molar-refractivity contribution in [2.45, 2.75) is 13.0 Å². The van der Waals surface area contributed by atoms with E-state index in [1.807, 2.05) is 0 Å². The molecule has 1 aromatic heterocycles. The minimum Gasteiger partial charge on any atom is -0.349 e. The summed E-state index contributed by atoms with van der Waals surface area (Å²) >= 11 is 5.26. The summed E-state index contributed by atoms with van der Waals surface area (Å²) in [5, 5.41) is 6.06. The fraction of sp³-hybridized carbons (Fsp3) is 0.500. The van der Waals surface area contributed by atoms with E-state index in [0.717, 1.165) is 0 Å². The molecule has 0 aliphatic carbocycles. The van der Waals surface area contributed by atoms with Crippen molar-refractivity contribution in [3.63, 3.8) is 0 Å². The molecule has 0 atom stereocenters. The van der Waals surface area contributed by atoms with Crippen LogP contribution in [0, 0.1) is 0 Å². The Morgan fingerprint density at radius 3 is 2.87 bits per heavy atom. The van der Waals surface area contributed by atoms with Crippen molar-refractivity contribution < 1.29 is 13.6 Å². The van der Waals surface area contributed by atoms with Gasteiger partial charge in [0.2, 0.25) is 5.91 Å². The Balaban J connectivity index is 2.65. The molecule has 15 heavy (non-hydrogen) atoms. The number of hydrogen-bond acceptors (Lipinski definition) is 2. The van der Waals surface area contributed by atoms with E-state index in [0.29, 0.717) is 5.69 Å². The molecule has 1 heterocycles. The number of nitrogens with one attached hydrogen (secondary N) is 1. The van der Waals surface area contributed by atoms with Crippen molar-refractivity contribution in [1.29, 1.82) is 0 Å². The molecule has 1 aromatic rings. The molecular weight excluding hydrogens is 228 g/mol. The number of hydrogen-bond donors (Lipinski definition) is 1. The molecule has 0 aliphatic heterocycles. The highest BCUT2D eigenvalue weighted by atomic mass is 35.5. The summed E-state index contributed by atoms with van der Waals surface area (Å²) in [6.45, 7) is 0.141. The smallest absolute Gasteiger partial charge is 0.282 e. The van der Waals surface area contributed by atoms with Crippen molar-refractivity contribution in [2.24, 2.45) is 7.05 Å². The molecule has 84 valence electrons. The molecular formula is C8H10ClF2N3O. The average molecular weight is 238 g/mol. The Kier molecular flexibility index (Phi) is 4.02. The lowest BCUT2D eigenvalue weighted by molar-refractivity contribution is -0.118. The lowest BCUT2D eigenvalue weighted by Gasteiger charge is -2.02. The highest BCUT2D eigenvalue weighted by Gasteiger charge is 2.13. The third kappa shape index (κ3) is 3.16. The average Bonchev–Trinajstić information content (AvgIpc) is 2.56. The quantitative estimate of drug-likeness (QED) is 0.801. The number of nitrogens with zero attached hydrogens (tertiary/aromatic N) is 2. The van der Waals surface area contributed by atoms with Gasteiger partial charge in [0.05, 0.1) is 12.2 Å². The zero-order valence-electron chi connectivity index (χ0n) is 8.01. The zero-order valence-corrected chi connectivity index (χ0v) is 8.76. The number of alkyl halides is 3. The molecule has 0 fully saturated rings. The van der Waals surface area contributed by atoms with Gasteiger partial charge in [0.1, 0.15) is 11.6 Å². The van der Waals surface area contributed by atoms with E-state index in [-0.39, 0.29) is 24.0 Å². The number of carbonyl (C=O) groups is 1. The van der Waals surface area contributed by atoms with Crippen molar-refractivity contribution >= 4 is 17.5 Å². The summed E-state index contributed by atoms with van der Waals surface area (Å²) in [4.78, 5) is 10.8. The normalized spacial score (nSPS) is 10.7. The maximum Gasteiger partial charge on any atom is 0.282 e. The van der Waals surface area contributed by atoms with E-state index in [1.165, 1.54) is 17.8 Å². The first kappa shape index (κ1) is 11.9. The summed E-state index contributed by atoms with van der Waals surface area (Å²) in [5.74, 6) is -0.504. The van der Waals surface area contributed by atoms with E-state index >= 15 is 0 Å². The summed E-state index contributed by atoms with van der Waals surface area (Å²) in [6.07, 6.45) is -2.60. The number of aromatic nitrogens is 2. The monoisotopic (exact) mass is 237 g/mol. The van der Waals surface area contributed by atoms with Gasteiger partial charge in [-0.25, -0.2) is 8.78 Å². The number of aryl methyl sites for hydroxylation is 1. The van der Waals surface area contributed by atoms with E-state index in [9.17, 15) is 13.6 Å². The second-order valence-electron chi connectivity index (χ2n) is 2.90. The second-order valence-corrected chi connectivity index (χ2v) is 3.16. The Labute approximate surface area is 90.2 Å². The Hall–Kier alpha value is -1.17. The van der Waals surface area contributed by atoms with Crippen molar-refractivity contribution in [3.05, 3.63) is 17.5 Å². The molecule has 1 rings (SSSR count). The number of rotatable bonds is 4. The van der Waals surface area contributed by atoms with Crippen LogP contribution in [-0.2, 0) is 18.4 Å². The van der Waals surface area contributed by atoms with Crippen LogP contribution < -0.4 is 5.32 Å². The summed E-state index contributed by atoms with van der Waals surface area (Å²) in [5.41, 5.74) is 0.205. The molecule has 1 amide bonds. The first-order valence-corrected chi connectivity index (χ1v) is 4.71. The third-order valence-electron chi connectivity index (χ3n) is 1.81. The van der Waals surface area contributed by atoms with Gasteiger partial charge in [-0.05, 0) is 6.07 Å². The topological polar surface area (TPSA) is 46.9 Å². The lowest BCUT2D eigenvalue weighted by atomic mass is 10.3. The highest BCUT2D eigenvalue weighted by molar-refractivity contribution is 6.27. The minimum atomic E-state index is -2.60. The van der Waals surface area contributed by atoms with E-state index in [1.54, 1.807) is 0 Å². The zero-order chi connectivity index (χ0) is 11.4. The van der Waals surface area contributed by atoms with Gasteiger partial charge in [-0.1, -0.05) is 0 Å². The van der Waals surface area contributed by atoms with Crippen LogP contribution in [0.25, 0.3) is 0 Å². The van der Waals surface area contributed by atoms with E-state index in [4.69, 9.17) is 11.6 Å². The minimum absolute atomic E-state index is 0.141. The first-order valence-electron chi connectivity index (χ1n) is 4.18. The fourth-order valence-electron chi connectivity index (χ4n) is 1.04. The van der Waals surface area contributed by atoms with Gasteiger partial charge >= 0.3 is 0 Å². The molecule has 0 saturated carbocycles. The SMILES string of the molecule is Cn1nc(C(F)F)cc1CNC(=O)CCl. The van der Waals surface area contributed by atoms with Crippen LogP contribution in [-0.4, -0.2) is 21.6 Å². The fourth-order valence-corrected chi connectivity index (χ4v) is 1.13. The molecule has 0 aromatic carbocycles. The van der Waals surface area contributed by atoms with Gasteiger partial charge in [0.15, 0.2) is 0 Å². The van der Waals surface area contributed by atoms with Crippen LogP contribution in [0.5, 0.6) is 0 Å². The van der Waals surface area contributed by atoms with Crippen molar-refractivity contribution in [1.82, 2.24) is 15.1 Å². The number of halogens is 3. The van der Waals surface area contributed by atoms with Gasteiger partial charge in [0, 0.05) is 7.05 Å². The van der Waals surface area contributed by atoms with Crippen molar-refractivity contribution in [3.8, 4) is 0 Å². The molecule has 0 aliphatic rings. The molecule has 4 nitrogen and oxygen atoms in total. The lowest BCUT2D eigenvalue weighted by Crippen LogP contribution is -2.24. The van der Waals surface area contributed by atoms with Crippen LogP contribution in [0.4, 0.5) is 8.78 Å². The molecule has 0 radical (unpaired) electrons. The summed E-state index contributed by atoms with van der Waals surface area (Å²) in [7, 11) is 1.54. The second kappa shape index (κ2) is 5.06. The van der Waals surface area contributed by atoms with Crippen LogP contribution in [0.15, 0.2) is 6.07 Å². The summed E-state index contributed by atoms with van der Waals surface area (Å²) in [6, 6.07) is 1.25. The molecule has 0 spiro atoms. The van der Waals surface area contributed by atoms with Crippen molar-refractivity contribution in [2.75, 3.05) is 5.88 Å². The van der Waals surface area contributed by atoms with Crippen LogP contribution in [0.2, 0.25) is 0 Å².